The SMILES string of the molecule is O=C(O)N1CCc2ccccc2C1(CC12CCN(CC1)CC2)c1cc(F)cc(F)c1. The number of amides is 1. The van der Waals surface area contributed by atoms with Crippen LogP contribution in [0.25, 0.3) is 0 Å². The molecule has 2 aromatic carbocycles. The third-order valence-electron chi connectivity index (χ3n) is 7.61. The third kappa shape index (κ3) is 3.00. The lowest BCUT2D eigenvalue weighted by atomic mass is 9.60. The topological polar surface area (TPSA) is 43.8 Å². The van der Waals surface area contributed by atoms with Crippen LogP contribution in [0.3, 0.4) is 0 Å². The van der Waals surface area contributed by atoms with Gasteiger partial charge in [0.2, 0.25) is 0 Å². The Balaban J connectivity index is 1.76. The van der Waals surface area contributed by atoms with Crippen molar-refractivity contribution in [3.05, 3.63) is 70.8 Å². The summed E-state index contributed by atoms with van der Waals surface area (Å²) in [6, 6.07) is 11.3. The number of halogens is 2. The lowest BCUT2D eigenvalue weighted by Gasteiger charge is -2.56. The van der Waals surface area contributed by atoms with E-state index in [2.05, 4.69) is 4.90 Å². The van der Waals surface area contributed by atoms with Gasteiger partial charge in [0.25, 0.3) is 0 Å². The number of carboxylic acid groups (broad SMARTS) is 1. The highest BCUT2D eigenvalue weighted by Gasteiger charge is 2.53. The van der Waals surface area contributed by atoms with Crippen molar-refractivity contribution >= 4 is 6.09 Å². The average molecular weight is 412 g/mol. The zero-order chi connectivity index (χ0) is 20.9. The molecule has 0 aromatic heterocycles. The molecule has 4 aliphatic rings. The summed E-state index contributed by atoms with van der Waals surface area (Å²) in [6.45, 7) is 3.32. The molecule has 1 N–H and O–H groups in total. The lowest BCUT2D eigenvalue weighted by Crippen LogP contribution is -2.58. The third-order valence-corrected chi connectivity index (χ3v) is 7.61. The van der Waals surface area contributed by atoms with Crippen LogP contribution in [0.15, 0.2) is 42.5 Å². The maximum Gasteiger partial charge on any atom is 0.408 e. The highest BCUT2D eigenvalue weighted by atomic mass is 19.1. The molecule has 1 atom stereocenters. The maximum absolute atomic E-state index is 14.4. The van der Waals surface area contributed by atoms with E-state index in [-0.39, 0.29) is 5.41 Å². The molecular weight excluding hydrogens is 386 g/mol. The predicted molar refractivity (Wildman–Crippen MR) is 109 cm³/mol. The van der Waals surface area contributed by atoms with Crippen LogP contribution in [0.1, 0.15) is 42.4 Å². The van der Waals surface area contributed by atoms with Crippen molar-refractivity contribution < 1.29 is 18.7 Å². The molecule has 30 heavy (non-hydrogen) atoms. The van der Waals surface area contributed by atoms with Crippen molar-refractivity contribution in [3.8, 4) is 0 Å². The first-order valence-corrected chi connectivity index (χ1v) is 10.7. The highest BCUT2D eigenvalue weighted by Crippen LogP contribution is 2.54. The molecule has 6 heteroatoms. The van der Waals surface area contributed by atoms with Crippen LogP contribution in [0, 0.1) is 17.0 Å². The van der Waals surface area contributed by atoms with Gasteiger partial charge in [0.1, 0.15) is 11.6 Å². The molecule has 158 valence electrons. The van der Waals surface area contributed by atoms with Gasteiger partial charge in [0, 0.05) is 12.6 Å². The quantitative estimate of drug-likeness (QED) is 0.800. The van der Waals surface area contributed by atoms with Gasteiger partial charge in [-0.25, -0.2) is 13.6 Å². The summed E-state index contributed by atoms with van der Waals surface area (Å²) in [4.78, 5) is 16.4. The molecule has 0 saturated carbocycles. The van der Waals surface area contributed by atoms with Crippen molar-refractivity contribution in [2.24, 2.45) is 5.41 Å². The molecule has 3 fully saturated rings. The summed E-state index contributed by atoms with van der Waals surface area (Å²) < 4.78 is 28.8. The van der Waals surface area contributed by atoms with Gasteiger partial charge in [0.05, 0.1) is 5.54 Å². The van der Waals surface area contributed by atoms with Crippen molar-refractivity contribution in [2.75, 3.05) is 26.2 Å². The summed E-state index contributed by atoms with van der Waals surface area (Å²) in [5, 5.41) is 10.2. The summed E-state index contributed by atoms with van der Waals surface area (Å²) in [5.41, 5.74) is 1.20. The van der Waals surface area contributed by atoms with Crippen molar-refractivity contribution in [2.45, 2.75) is 37.6 Å². The first-order chi connectivity index (χ1) is 14.4. The molecule has 3 saturated heterocycles. The molecule has 6 rings (SSSR count). The number of nitrogens with zero attached hydrogens (tertiary/aromatic N) is 2. The Kier molecular flexibility index (Phi) is 4.58. The molecule has 0 spiro atoms. The number of hydrogen-bond acceptors (Lipinski definition) is 2. The van der Waals surface area contributed by atoms with Gasteiger partial charge in [-0.3, -0.25) is 4.90 Å². The van der Waals surface area contributed by atoms with Crippen LogP contribution >= 0.6 is 0 Å². The Hall–Kier alpha value is -2.47. The number of fused-ring (bicyclic) bond motifs is 4. The molecule has 1 amide bonds. The van der Waals surface area contributed by atoms with Gasteiger partial charge in [-0.2, -0.15) is 0 Å². The first-order valence-electron chi connectivity index (χ1n) is 10.7. The Labute approximate surface area is 175 Å². The minimum atomic E-state index is -1.09. The number of carbonyl (C=O) groups is 1. The molecule has 2 aromatic rings. The zero-order valence-electron chi connectivity index (χ0n) is 16.9. The van der Waals surface area contributed by atoms with Gasteiger partial charge in [-0.15, -0.1) is 0 Å². The molecule has 0 aliphatic carbocycles. The smallest absolute Gasteiger partial charge is 0.408 e. The first kappa shape index (κ1) is 19.5. The molecule has 4 nitrogen and oxygen atoms in total. The van der Waals surface area contributed by atoms with E-state index < -0.39 is 23.3 Å². The summed E-state index contributed by atoms with van der Waals surface area (Å²) in [6.07, 6.45) is 3.08. The van der Waals surface area contributed by atoms with E-state index in [0.717, 1.165) is 56.1 Å². The lowest BCUT2D eigenvalue weighted by molar-refractivity contribution is -0.0234. The van der Waals surface area contributed by atoms with Gasteiger partial charge >= 0.3 is 6.09 Å². The fourth-order valence-corrected chi connectivity index (χ4v) is 6.07. The summed E-state index contributed by atoms with van der Waals surface area (Å²) in [5.74, 6) is -1.34. The monoisotopic (exact) mass is 412 g/mol. The van der Waals surface area contributed by atoms with E-state index in [4.69, 9.17) is 0 Å². The van der Waals surface area contributed by atoms with Gasteiger partial charge < -0.3 is 10.0 Å². The highest BCUT2D eigenvalue weighted by molar-refractivity contribution is 5.69. The molecule has 4 heterocycles. The molecule has 2 bridgehead atoms. The van der Waals surface area contributed by atoms with E-state index in [1.807, 2.05) is 24.3 Å². The number of piperidine rings is 3. The predicted octanol–water partition coefficient (Wildman–Crippen LogP) is 4.62. The Morgan fingerprint density at radius 3 is 2.23 bits per heavy atom. The fraction of sp³-hybridized carbons (Fsp3) is 0.458. The largest absolute Gasteiger partial charge is 0.465 e. The Bertz CT molecular complexity index is 953. The molecule has 0 radical (unpaired) electrons. The number of benzene rings is 2. The summed E-state index contributed by atoms with van der Waals surface area (Å²) >= 11 is 0. The number of hydrogen-bond donors (Lipinski definition) is 1. The van der Waals surface area contributed by atoms with Crippen molar-refractivity contribution in [1.29, 1.82) is 0 Å². The summed E-state index contributed by atoms with van der Waals surface area (Å²) in [7, 11) is 0. The second-order valence-corrected chi connectivity index (χ2v) is 9.13. The van der Waals surface area contributed by atoms with E-state index in [1.165, 1.54) is 17.0 Å². The maximum atomic E-state index is 14.4. The van der Waals surface area contributed by atoms with Crippen molar-refractivity contribution in [1.82, 2.24) is 9.80 Å². The Morgan fingerprint density at radius 1 is 0.967 bits per heavy atom. The van der Waals surface area contributed by atoms with Crippen molar-refractivity contribution in [3.63, 3.8) is 0 Å². The second kappa shape index (κ2) is 7.05. The van der Waals surface area contributed by atoms with Crippen LogP contribution in [-0.4, -0.2) is 47.2 Å². The van der Waals surface area contributed by atoms with E-state index in [1.54, 1.807) is 0 Å². The van der Waals surface area contributed by atoms with Crippen LogP contribution < -0.4 is 0 Å². The van der Waals surface area contributed by atoms with Crippen LogP contribution in [0.5, 0.6) is 0 Å². The van der Waals surface area contributed by atoms with Gasteiger partial charge in [0.15, 0.2) is 0 Å². The minimum Gasteiger partial charge on any atom is -0.465 e. The minimum absolute atomic E-state index is 0.0320. The van der Waals surface area contributed by atoms with Gasteiger partial charge in [-0.05, 0) is 86.0 Å². The van der Waals surface area contributed by atoms with E-state index >= 15 is 0 Å². The second-order valence-electron chi connectivity index (χ2n) is 9.13. The standard InChI is InChI=1S/C24H26F2N2O2/c25-19-13-18(14-20(26)15-19)24(16-23-6-10-27(11-7-23)12-8-23)21-4-2-1-3-17(21)5-9-28(24)22(29)30/h1-4,13-15H,5-12,16H2,(H,29,30). The zero-order valence-corrected chi connectivity index (χ0v) is 16.9. The molecule has 4 aliphatic heterocycles. The van der Waals surface area contributed by atoms with Crippen LogP contribution in [-0.2, 0) is 12.0 Å². The fourth-order valence-electron chi connectivity index (χ4n) is 6.07. The number of rotatable bonds is 3. The van der Waals surface area contributed by atoms with Crippen LogP contribution in [0.2, 0.25) is 0 Å². The van der Waals surface area contributed by atoms with Gasteiger partial charge in [-0.1, -0.05) is 24.3 Å². The van der Waals surface area contributed by atoms with E-state index in [9.17, 15) is 18.7 Å². The average Bonchev–Trinajstić information content (AvgIpc) is 2.74. The Morgan fingerprint density at radius 2 is 1.60 bits per heavy atom. The molecular formula is C24H26F2N2O2. The molecule has 1 unspecified atom stereocenters. The normalized spacial score (nSPS) is 30.2. The van der Waals surface area contributed by atoms with E-state index in [0.29, 0.717) is 24.9 Å². The van der Waals surface area contributed by atoms with Crippen LogP contribution in [0.4, 0.5) is 13.6 Å².